The van der Waals surface area contributed by atoms with Crippen LogP contribution in [0, 0.1) is 0 Å². The van der Waals surface area contributed by atoms with Crippen molar-refractivity contribution in [3.8, 4) is 5.75 Å². The molecule has 2 heterocycles. The fraction of sp³-hybridized carbons (Fsp3) is 0.500. The highest BCUT2D eigenvalue weighted by molar-refractivity contribution is 6.30. The van der Waals surface area contributed by atoms with E-state index in [4.69, 9.17) is 16.3 Å². The van der Waals surface area contributed by atoms with E-state index in [-0.39, 0.29) is 5.60 Å². The molecule has 15 heavy (non-hydrogen) atoms. The topological polar surface area (TPSA) is 21.3 Å². The number of benzene rings is 1. The Morgan fingerprint density at radius 3 is 3.07 bits per heavy atom. The minimum absolute atomic E-state index is 0.0564. The highest BCUT2D eigenvalue weighted by Gasteiger charge is 2.38. The Morgan fingerprint density at radius 2 is 2.27 bits per heavy atom. The van der Waals surface area contributed by atoms with E-state index in [1.807, 2.05) is 18.2 Å². The van der Waals surface area contributed by atoms with Crippen LogP contribution in [0.4, 0.5) is 0 Å². The van der Waals surface area contributed by atoms with Crippen LogP contribution in [0.2, 0.25) is 5.02 Å². The van der Waals surface area contributed by atoms with Crippen LogP contribution < -0.4 is 10.1 Å². The number of ether oxygens (including phenoxy) is 1. The molecule has 3 heteroatoms. The maximum atomic E-state index is 6.11. The number of halogens is 1. The Bertz CT molecular complexity index is 385. The SMILES string of the molecule is Clc1ccc2c(c1)CC[C@]1(CCNC1)O2. The summed E-state index contributed by atoms with van der Waals surface area (Å²) in [7, 11) is 0. The fourth-order valence-electron chi connectivity index (χ4n) is 2.51. The van der Waals surface area contributed by atoms with E-state index in [0.29, 0.717) is 0 Å². The van der Waals surface area contributed by atoms with Crippen molar-refractivity contribution in [3.63, 3.8) is 0 Å². The van der Waals surface area contributed by atoms with Gasteiger partial charge in [-0.3, -0.25) is 0 Å². The Balaban J connectivity index is 1.93. The summed E-state index contributed by atoms with van der Waals surface area (Å²) in [6.07, 6.45) is 3.31. The van der Waals surface area contributed by atoms with Crippen LogP contribution in [0.1, 0.15) is 18.4 Å². The van der Waals surface area contributed by atoms with Gasteiger partial charge in [0.05, 0.1) is 0 Å². The van der Waals surface area contributed by atoms with Crippen molar-refractivity contribution in [1.29, 1.82) is 0 Å². The van der Waals surface area contributed by atoms with Crippen LogP contribution >= 0.6 is 11.6 Å². The van der Waals surface area contributed by atoms with Crippen molar-refractivity contribution in [2.75, 3.05) is 13.1 Å². The third-order valence-corrected chi connectivity index (χ3v) is 3.64. The van der Waals surface area contributed by atoms with Gasteiger partial charge in [0.2, 0.25) is 0 Å². The first-order valence-corrected chi connectivity index (χ1v) is 5.83. The van der Waals surface area contributed by atoms with Gasteiger partial charge in [-0.25, -0.2) is 0 Å². The maximum absolute atomic E-state index is 6.11. The van der Waals surface area contributed by atoms with Gasteiger partial charge < -0.3 is 10.1 Å². The lowest BCUT2D eigenvalue weighted by atomic mass is 9.90. The van der Waals surface area contributed by atoms with Crippen LogP contribution in [0.25, 0.3) is 0 Å². The van der Waals surface area contributed by atoms with Gasteiger partial charge in [-0.1, -0.05) is 11.6 Å². The molecule has 1 atom stereocenters. The molecular weight excluding hydrogens is 210 g/mol. The van der Waals surface area contributed by atoms with Gasteiger partial charge in [0, 0.05) is 18.0 Å². The zero-order chi connectivity index (χ0) is 10.3. The molecule has 1 aromatic rings. The van der Waals surface area contributed by atoms with Crippen LogP contribution in [0.5, 0.6) is 5.75 Å². The minimum atomic E-state index is 0.0564. The molecule has 1 fully saturated rings. The molecule has 2 aliphatic heterocycles. The van der Waals surface area contributed by atoms with Crippen molar-refractivity contribution in [2.45, 2.75) is 24.9 Å². The molecular formula is C12H14ClNO. The summed E-state index contributed by atoms with van der Waals surface area (Å²) in [5.41, 5.74) is 1.31. The number of rotatable bonds is 0. The number of aryl methyl sites for hydroxylation is 1. The van der Waals surface area contributed by atoms with Gasteiger partial charge in [0.1, 0.15) is 11.4 Å². The summed E-state index contributed by atoms with van der Waals surface area (Å²) >= 11 is 5.96. The minimum Gasteiger partial charge on any atom is -0.486 e. The van der Waals surface area contributed by atoms with Crippen molar-refractivity contribution in [1.82, 2.24) is 5.32 Å². The predicted molar refractivity (Wildman–Crippen MR) is 60.6 cm³/mol. The average Bonchev–Trinajstić information content (AvgIpc) is 2.67. The standard InChI is InChI=1S/C12H14ClNO/c13-10-1-2-11-9(7-10)3-4-12(15-11)5-6-14-8-12/h1-2,7,14H,3-6,8H2/t12-/m1/s1. The van der Waals surface area contributed by atoms with Gasteiger partial charge in [0.15, 0.2) is 0 Å². The number of hydrogen-bond acceptors (Lipinski definition) is 2. The molecule has 0 amide bonds. The quantitative estimate of drug-likeness (QED) is 0.729. The van der Waals surface area contributed by atoms with Gasteiger partial charge in [-0.2, -0.15) is 0 Å². The van der Waals surface area contributed by atoms with E-state index in [2.05, 4.69) is 5.32 Å². The molecule has 1 saturated heterocycles. The Labute approximate surface area is 94.6 Å². The van der Waals surface area contributed by atoms with Crippen molar-refractivity contribution in [2.24, 2.45) is 0 Å². The van der Waals surface area contributed by atoms with E-state index in [9.17, 15) is 0 Å². The van der Waals surface area contributed by atoms with Gasteiger partial charge >= 0.3 is 0 Å². The van der Waals surface area contributed by atoms with E-state index >= 15 is 0 Å². The second kappa shape index (κ2) is 3.39. The second-order valence-electron chi connectivity index (χ2n) is 4.46. The smallest absolute Gasteiger partial charge is 0.123 e. The van der Waals surface area contributed by atoms with E-state index in [1.54, 1.807) is 0 Å². The van der Waals surface area contributed by atoms with Crippen LogP contribution in [0.3, 0.4) is 0 Å². The molecule has 0 aliphatic carbocycles. The second-order valence-corrected chi connectivity index (χ2v) is 4.90. The molecule has 2 aliphatic rings. The summed E-state index contributed by atoms with van der Waals surface area (Å²) in [6, 6.07) is 5.92. The van der Waals surface area contributed by atoms with Crippen molar-refractivity contribution >= 4 is 11.6 Å². The summed E-state index contributed by atoms with van der Waals surface area (Å²) in [6.45, 7) is 2.05. The Morgan fingerprint density at radius 1 is 1.33 bits per heavy atom. The third kappa shape index (κ3) is 1.62. The lowest BCUT2D eigenvalue weighted by molar-refractivity contribution is 0.0665. The molecule has 3 rings (SSSR count). The zero-order valence-corrected chi connectivity index (χ0v) is 9.31. The monoisotopic (exact) mass is 223 g/mol. The first-order valence-electron chi connectivity index (χ1n) is 5.46. The van der Waals surface area contributed by atoms with Crippen molar-refractivity contribution in [3.05, 3.63) is 28.8 Å². The van der Waals surface area contributed by atoms with Crippen molar-refractivity contribution < 1.29 is 4.74 Å². The highest BCUT2D eigenvalue weighted by atomic mass is 35.5. The highest BCUT2D eigenvalue weighted by Crippen LogP contribution is 2.37. The molecule has 0 saturated carbocycles. The summed E-state index contributed by atoms with van der Waals surface area (Å²) in [5, 5.41) is 4.18. The molecule has 2 nitrogen and oxygen atoms in total. The van der Waals surface area contributed by atoms with E-state index in [0.717, 1.165) is 43.1 Å². The maximum Gasteiger partial charge on any atom is 0.123 e. The van der Waals surface area contributed by atoms with Crippen LogP contribution in [0.15, 0.2) is 18.2 Å². The van der Waals surface area contributed by atoms with Gasteiger partial charge in [-0.05, 0) is 43.1 Å². The first-order chi connectivity index (χ1) is 7.27. The summed E-state index contributed by atoms with van der Waals surface area (Å²) in [4.78, 5) is 0. The lowest BCUT2D eigenvalue weighted by Gasteiger charge is -2.35. The summed E-state index contributed by atoms with van der Waals surface area (Å²) < 4.78 is 6.11. The molecule has 0 unspecified atom stereocenters. The number of fused-ring (bicyclic) bond motifs is 1. The zero-order valence-electron chi connectivity index (χ0n) is 8.55. The molecule has 0 aromatic heterocycles. The number of nitrogens with one attached hydrogen (secondary N) is 1. The largest absolute Gasteiger partial charge is 0.486 e. The first kappa shape index (κ1) is 9.49. The lowest BCUT2D eigenvalue weighted by Crippen LogP contribution is -2.41. The van der Waals surface area contributed by atoms with Gasteiger partial charge in [0.25, 0.3) is 0 Å². The number of hydrogen-bond donors (Lipinski definition) is 1. The molecule has 1 N–H and O–H groups in total. The molecule has 0 bridgehead atoms. The molecule has 1 aromatic carbocycles. The average molecular weight is 224 g/mol. The molecule has 1 spiro atoms. The Kier molecular flexibility index (Phi) is 2.15. The fourth-order valence-corrected chi connectivity index (χ4v) is 2.71. The molecule has 80 valence electrons. The van der Waals surface area contributed by atoms with E-state index in [1.165, 1.54) is 5.56 Å². The third-order valence-electron chi connectivity index (χ3n) is 3.40. The normalized spacial score (nSPS) is 28.9. The van der Waals surface area contributed by atoms with Crippen LogP contribution in [-0.4, -0.2) is 18.7 Å². The Hall–Kier alpha value is -0.730. The van der Waals surface area contributed by atoms with Crippen LogP contribution in [-0.2, 0) is 6.42 Å². The molecule has 0 radical (unpaired) electrons. The van der Waals surface area contributed by atoms with E-state index < -0.39 is 0 Å². The summed E-state index contributed by atoms with van der Waals surface area (Å²) in [5.74, 6) is 1.02. The predicted octanol–water partition coefficient (Wildman–Crippen LogP) is 2.40. The van der Waals surface area contributed by atoms with Gasteiger partial charge in [-0.15, -0.1) is 0 Å².